The number of hydrogen-bond acceptors (Lipinski definition) is 4. The molecule has 0 radical (unpaired) electrons. The molecule has 0 atom stereocenters. The van der Waals surface area contributed by atoms with Crippen LogP contribution in [0.25, 0.3) is 11.4 Å². The molecule has 0 spiro atoms. The lowest BCUT2D eigenvalue weighted by molar-refractivity contribution is 0.666. The third-order valence-corrected chi connectivity index (χ3v) is 3.23. The summed E-state index contributed by atoms with van der Waals surface area (Å²) in [6, 6.07) is 7.63. The molecule has 2 aromatic rings. The smallest absolute Gasteiger partial charge is 0.181 e. The highest BCUT2D eigenvalue weighted by molar-refractivity contribution is 7.99. The van der Waals surface area contributed by atoms with Crippen molar-refractivity contribution in [2.75, 3.05) is 17.2 Å². The first-order chi connectivity index (χ1) is 8.29. The molecule has 1 aromatic heterocycles. The largest absolute Gasteiger partial charge is 0.399 e. The summed E-state index contributed by atoms with van der Waals surface area (Å²) in [5.74, 6) is 2.94. The Kier molecular flexibility index (Phi) is 4.03. The predicted octanol–water partition coefficient (Wildman–Crippen LogP) is 2.28. The van der Waals surface area contributed by atoms with Gasteiger partial charge in [0.2, 0.25) is 0 Å². The third-order valence-electron chi connectivity index (χ3n) is 2.35. The van der Waals surface area contributed by atoms with Crippen LogP contribution in [0, 0.1) is 0 Å². The Hall–Kier alpha value is -1.49. The summed E-state index contributed by atoms with van der Waals surface area (Å²) in [5.41, 5.74) is 7.44. The first-order valence-electron chi connectivity index (χ1n) is 5.62. The number of benzene rings is 1. The van der Waals surface area contributed by atoms with Gasteiger partial charge in [0.15, 0.2) is 5.82 Å². The molecule has 0 saturated carbocycles. The zero-order valence-electron chi connectivity index (χ0n) is 9.84. The minimum absolute atomic E-state index is 0.735. The van der Waals surface area contributed by atoms with Crippen LogP contribution in [-0.2, 0) is 6.54 Å². The Labute approximate surface area is 105 Å². The number of hydrogen-bond donors (Lipinski definition) is 1. The second-order valence-electron chi connectivity index (χ2n) is 3.65. The Morgan fingerprint density at radius 2 is 2.29 bits per heavy atom. The van der Waals surface area contributed by atoms with Gasteiger partial charge >= 0.3 is 0 Å². The van der Waals surface area contributed by atoms with Gasteiger partial charge < -0.3 is 5.73 Å². The molecule has 0 amide bonds. The van der Waals surface area contributed by atoms with E-state index in [4.69, 9.17) is 5.73 Å². The molecule has 2 rings (SSSR count). The fraction of sp³-hybridized carbons (Fsp3) is 0.333. The summed E-state index contributed by atoms with van der Waals surface area (Å²) in [7, 11) is 0. The number of anilines is 1. The maximum absolute atomic E-state index is 5.74. The molecule has 90 valence electrons. The fourth-order valence-electron chi connectivity index (χ4n) is 1.51. The second-order valence-corrected chi connectivity index (χ2v) is 5.05. The first kappa shape index (κ1) is 12.0. The van der Waals surface area contributed by atoms with Gasteiger partial charge in [-0.1, -0.05) is 19.1 Å². The molecule has 4 nitrogen and oxygen atoms in total. The molecule has 1 heterocycles. The maximum atomic E-state index is 5.74. The van der Waals surface area contributed by atoms with Crippen LogP contribution in [0.15, 0.2) is 30.6 Å². The van der Waals surface area contributed by atoms with E-state index in [1.807, 2.05) is 40.7 Å². The molecular formula is C12H16N4S. The average molecular weight is 248 g/mol. The van der Waals surface area contributed by atoms with Crippen molar-refractivity contribution in [2.24, 2.45) is 0 Å². The lowest BCUT2D eigenvalue weighted by Crippen LogP contribution is -2.01. The van der Waals surface area contributed by atoms with E-state index in [1.54, 1.807) is 6.33 Å². The molecule has 0 saturated heterocycles. The number of nitrogen functional groups attached to an aromatic ring is 1. The van der Waals surface area contributed by atoms with Crippen molar-refractivity contribution < 1.29 is 0 Å². The van der Waals surface area contributed by atoms with E-state index in [0.717, 1.165) is 35.1 Å². The molecular weight excluding hydrogens is 232 g/mol. The van der Waals surface area contributed by atoms with Crippen LogP contribution in [0.4, 0.5) is 5.69 Å². The van der Waals surface area contributed by atoms with Gasteiger partial charge in [-0.25, -0.2) is 4.98 Å². The second kappa shape index (κ2) is 5.72. The van der Waals surface area contributed by atoms with Crippen LogP contribution in [0.1, 0.15) is 6.92 Å². The summed E-state index contributed by atoms with van der Waals surface area (Å²) in [4.78, 5) is 4.29. The fourth-order valence-corrected chi connectivity index (χ4v) is 2.12. The summed E-state index contributed by atoms with van der Waals surface area (Å²) in [6.07, 6.45) is 1.77. The third kappa shape index (κ3) is 3.23. The average Bonchev–Trinajstić information content (AvgIpc) is 2.78. The summed E-state index contributed by atoms with van der Waals surface area (Å²) in [6.45, 7) is 3.05. The highest BCUT2D eigenvalue weighted by Gasteiger charge is 2.04. The van der Waals surface area contributed by atoms with Gasteiger partial charge in [-0.3, -0.25) is 4.68 Å². The van der Waals surface area contributed by atoms with Crippen LogP contribution in [0.3, 0.4) is 0 Å². The highest BCUT2D eigenvalue weighted by atomic mass is 32.2. The van der Waals surface area contributed by atoms with Crippen molar-refractivity contribution in [3.63, 3.8) is 0 Å². The van der Waals surface area contributed by atoms with Gasteiger partial charge in [0, 0.05) is 17.0 Å². The molecule has 1 aromatic carbocycles. The Balaban J connectivity index is 2.07. The molecule has 2 N–H and O–H groups in total. The number of aryl methyl sites for hydroxylation is 1. The maximum Gasteiger partial charge on any atom is 0.181 e. The van der Waals surface area contributed by atoms with Gasteiger partial charge in [-0.05, 0) is 17.9 Å². The van der Waals surface area contributed by atoms with E-state index in [1.165, 1.54) is 0 Å². The quantitative estimate of drug-likeness (QED) is 0.651. The molecule has 0 aliphatic carbocycles. The topological polar surface area (TPSA) is 56.7 Å². The standard InChI is InChI=1S/C12H16N4S/c1-2-17-7-6-16-9-14-12(15-16)10-4-3-5-11(13)8-10/h3-5,8-9H,2,6-7,13H2,1H3. The number of thioether (sulfide) groups is 1. The zero-order chi connectivity index (χ0) is 12.1. The Morgan fingerprint density at radius 3 is 3.06 bits per heavy atom. The van der Waals surface area contributed by atoms with Crippen molar-refractivity contribution in [1.29, 1.82) is 0 Å². The minimum atomic E-state index is 0.735. The lowest BCUT2D eigenvalue weighted by atomic mass is 10.2. The highest BCUT2D eigenvalue weighted by Crippen LogP contribution is 2.16. The molecule has 0 fully saturated rings. The van der Waals surface area contributed by atoms with Gasteiger partial charge in [0.1, 0.15) is 6.33 Å². The van der Waals surface area contributed by atoms with Crippen LogP contribution < -0.4 is 5.73 Å². The molecule has 0 unspecified atom stereocenters. The lowest BCUT2D eigenvalue weighted by Gasteiger charge is -1.99. The van der Waals surface area contributed by atoms with Crippen molar-refractivity contribution in [1.82, 2.24) is 14.8 Å². The van der Waals surface area contributed by atoms with E-state index in [0.29, 0.717) is 0 Å². The zero-order valence-corrected chi connectivity index (χ0v) is 10.7. The van der Waals surface area contributed by atoms with Gasteiger partial charge in [0.05, 0.1) is 6.54 Å². The Morgan fingerprint density at radius 1 is 1.41 bits per heavy atom. The predicted molar refractivity (Wildman–Crippen MR) is 72.9 cm³/mol. The molecule has 5 heteroatoms. The van der Waals surface area contributed by atoms with E-state index in [9.17, 15) is 0 Å². The Bertz CT molecular complexity index is 481. The molecule has 0 aliphatic rings. The SMILES string of the molecule is CCSCCn1cnc(-c2cccc(N)c2)n1. The van der Waals surface area contributed by atoms with Crippen LogP contribution in [-0.4, -0.2) is 26.3 Å². The van der Waals surface area contributed by atoms with Crippen LogP contribution >= 0.6 is 11.8 Å². The minimum Gasteiger partial charge on any atom is -0.399 e. The summed E-state index contributed by atoms with van der Waals surface area (Å²) >= 11 is 1.90. The van der Waals surface area contributed by atoms with Crippen molar-refractivity contribution in [3.05, 3.63) is 30.6 Å². The molecule has 0 aliphatic heterocycles. The van der Waals surface area contributed by atoms with Crippen molar-refractivity contribution in [3.8, 4) is 11.4 Å². The van der Waals surface area contributed by atoms with E-state index >= 15 is 0 Å². The number of rotatable bonds is 5. The monoisotopic (exact) mass is 248 g/mol. The van der Waals surface area contributed by atoms with Crippen LogP contribution in [0.2, 0.25) is 0 Å². The van der Waals surface area contributed by atoms with E-state index in [2.05, 4.69) is 17.0 Å². The van der Waals surface area contributed by atoms with Gasteiger partial charge in [0.25, 0.3) is 0 Å². The number of nitrogens with two attached hydrogens (primary N) is 1. The molecule has 17 heavy (non-hydrogen) atoms. The van der Waals surface area contributed by atoms with Gasteiger partial charge in [-0.2, -0.15) is 16.9 Å². The number of nitrogens with zero attached hydrogens (tertiary/aromatic N) is 3. The van der Waals surface area contributed by atoms with Gasteiger partial charge in [-0.15, -0.1) is 0 Å². The van der Waals surface area contributed by atoms with Crippen molar-refractivity contribution >= 4 is 17.4 Å². The normalized spacial score (nSPS) is 10.6. The molecule has 0 bridgehead atoms. The van der Waals surface area contributed by atoms with E-state index in [-0.39, 0.29) is 0 Å². The summed E-state index contributed by atoms with van der Waals surface area (Å²) < 4.78 is 1.88. The van der Waals surface area contributed by atoms with E-state index < -0.39 is 0 Å². The van der Waals surface area contributed by atoms with Crippen LogP contribution in [0.5, 0.6) is 0 Å². The first-order valence-corrected chi connectivity index (χ1v) is 6.78. The number of aromatic nitrogens is 3. The van der Waals surface area contributed by atoms with Crippen molar-refractivity contribution in [2.45, 2.75) is 13.5 Å². The summed E-state index contributed by atoms with van der Waals surface area (Å²) in [5, 5.41) is 4.43.